The van der Waals surface area contributed by atoms with Gasteiger partial charge in [-0.25, -0.2) is 0 Å². The number of nitrogens with zero attached hydrogens (tertiary/aromatic N) is 1. The fourth-order valence-corrected chi connectivity index (χ4v) is 2.42. The lowest BCUT2D eigenvalue weighted by Gasteiger charge is -2.24. The molecule has 1 aromatic heterocycles. The van der Waals surface area contributed by atoms with E-state index in [1.165, 1.54) is 6.42 Å². The summed E-state index contributed by atoms with van der Waals surface area (Å²) in [5.74, 6) is 2.01. The molecular formula is C12H20N2O. The highest BCUT2D eigenvalue weighted by atomic mass is 16.3. The summed E-state index contributed by atoms with van der Waals surface area (Å²) in [6.45, 7) is 6.39. The van der Waals surface area contributed by atoms with E-state index in [-0.39, 0.29) is 6.04 Å². The van der Waals surface area contributed by atoms with Crippen molar-refractivity contribution in [1.82, 2.24) is 4.90 Å². The van der Waals surface area contributed by atoms with Crippen molar-refractivity contribution in [3.8, 4) is 0 Å². The smallest absolute Gasteiger partial charge is 0.122 e. The van der Waals surface area contributed by atoms with Crippen LogP contribution in [0.2, 0.25) is 0 Å². The Kier molecular flexibility index (Phi) is 3.12. The average Bonchev–Trinajstić information content (AvgIpc) is 2.74. The molecule has 1 fully saturated rings. The Balaban J connectivity index is 2.17. The highest BCUT2D eigenvalue weighted by Gasteiger charge is 2.34. The predicted octanol–water partition coefficient (Wildman–Crippen LogP) is 2.07. The molecule has 0 aromatic carbocycles. The Bertz CT molecular complexity index is 319. The number of likely N-dealkylation sites (tertiary alicyclic amines) is 1. The van der Waals surface area contributed by atoms with E-state index in [2.05, 4.69) is 17.9 Å². The summed E-state index contributed by atoms with van der Waals surface area (Å²) in [5, 5.41) is 0. The lowest BCUT2D eigenvalue weighted by atomic mass is 10.1. The van der Waals surface area contributed by atoms with Crippen LogP contribution in [0.15, 0.2) is 16.5 Å². The molecule has 0 amide bonds. The molecular weight excluding hydrogens is 188 g/mol. The summed E-state index contributed by atoms with van der Waals surface area (Å²) in [7, 11) is 0. The van der Waals surface area contributed by atoms with Gasteiger partial charge in [0.2, 0.25) is 0 Å². The number of hydrogen-bond acceptors (Lipinski definition) is 3. The van der Waals surface area contributed by atoms with Gasteiger partial charge >= 0.3 is 0 Å². The summed E-state index contributed by atoms with van der Waals surface area (Å²) < 4.78 is 5.69. The van der Waals surface area contributed by atoms with E-state index < -0.39 is 0 Å². The first kappa shape index (κ1) is 10.7. The van der Waals surface area contributed by atoms with Gasteiger partial charge in [0.15, 0.2) is 0 Å². The zero-order chi connectivity index (χ0) is 10.8. The van der Waals surface area contributed by atoms with Gasteiger partial charge in [0.1, 0.15) is 11.5 Å². The van der Waals surface area contributed by atoms with Crippen LogP contribution in [-0.2, 0) is 0 Å². The van der Waals surface area contributed by atoms with Gasteiger partial charge in [-0.15, -0.1) is 0 Å². The molecule has 1 aliphatic heterocycles. The molecule has 0 unspecified atom stereocenters. The van der Waals surface area contributed by atoms with Gasteiger partial charge in [-0.1, -0.05) is 6.92 Å². The minimum atomic E-state index is 0.224. The number of hydrogen-bond donors (Lipinski definition) is 1. The minimum absolute atomic E-state index is 0.224. The third kappa shape index (κ3) is 2.08. The highest BCUT2D eigenvalue weighted by molar-refractivity contribution is 5.13. The van der Waals surface area contributed by atoms with Crippen LogP contribution < -0.4 is 5.73 Å². The van der Waals surface area contributed by atoms with Crippen molar-refractivity contribution in [3.63, 3.8) is 0 Å². The van der Waals surface area contributed by atoms with Gasteiger partial charge in [0.25, 0.3) is 0 Å². The maximum atomic E-state index is 6.14. The normalized spacial score (nSPS) is 27.4. The monoisotopic (exact) mass is 208 g/mol. The average molecular weight is 208 g/mol. The molecule has 2 atom stereocenters. The Morgan fingerprint density at radius 3 is 2.93 bits per heavy atom. The predicted molar refractivity (Wildman–Crippen MR) is 60.6 cm³/mol. The molecule has 3 nitrogen and oxygen atoms in total. The van der Waals surface area contributed by atoms with Crippen LogP contribution in [0.3, 0.4) is 0 Å². The van der Waals surface area contributed by atoms with Gasteiger partial charge in [0, 0.05) is 12.6 Å². The van der Waals surface area contributed by atoms with Gasteiger partial charge in [-0.3, -0.25) is 4.90 Å². The van der Waals surface area contributed by atoms with E-state index >= 15 is 0 Å². The number of nitrogens with two attached hydrogens (primary N) is 1. The molecule has 0 radical (unpaired) electrons. The molecule has 1 saturated heterocycles. The summed E-state index contributed by atoms with van der Waals surface area (Å²) >= 11 is 0. The van der Waals surface area contributed by atoms with Gasteiger partial charge < -0.3 is 10.2 Å². The first-order valence-corrected chi connectivity index (χ1v) is 5.78. The van der Waals surface area contributed by atoms with Crippen molar-refractivity contribution in [3.05, 3.63) is 23.7 Å². The van der Waals surface area contributed by atoms with Crippen LogP contribution in [0.25, 0.3) is 0 Å². The quantitative estimate of drug-likeness (QED) is 0.827. The van der Waals surface area contributed by atoms with Crippen molar-refractivity contribution < 1.29 is 4.42 Å². The molecule has 0 spiro atoms. The van der Waals surface area contributed by atoms with Gasteiger partial charge in [0.05, 0.1) is 6.04 Å². The number of furan rings is 1. The SMILES string of the molecule is CCCN1CC[C@H](N)[C@H]1c1ccc(C)o1. The van der Waals surface area contributed by atoms with E-state index in [9.17, 15) is 0 Å². The number of aryl methyl sites for hydroxylation is 1. The van der Waals surface area contributed by atoms with Crippen LogP contribution in [0.4, 0.5) is 0 Å². The Labute approximate surface area is 91.2 Å². The molecule has 3 heteroatoms. The second kappa shape index (κ2) is 4.37. The van der Waals surface area contributed by atoms with E-state index in [1.54, 1.807) is 0 Å². The van der Waals surface area contributed by atoms with Gasteiger partial charge in [-0.2, -0.15) is 0 Å². The standard InChI is InChI=1S/C12H20N2O/c1-3-7-14-8-6-10(13)12(14)11-5-4-9(2)15-11/h4-5,10,12H,3,6-8,13H2,1-2H3/t10-,12-/m0/s1. The minimum Gasteiger partial charge on any atom is -0.465 e. The molecule has 0 saturated carbocycles. The van der Waals surface area contributed by atoms with E-state index in [0.717, 1.165) is 31.0 Å². The second-order valence-corrected chi connectivity index (χ2v) is 4.38. The molecule has 0 aliphatic carbocycles. The van der Waals surface area contributed by atoms with Crippen LogP contribution in [0.5, 0.6) is 0 Å². The molecule has 2 rings (SSSR count). The molecule has 1 aliphatic rings. The maximum Gasteiger partial charge on any atom is 0.122 e. The van der Waals surface area contributed by atoms with Crippen molar-refractivity contribution in [2.45, 2.75) is 38.8 Å². The zero-order valence-corrected chi connectivity index (χ0v) is 9.57. The van der Waals surface area contributed by atoms with Crippen molar-refractivity contribution >= 4 is 0 Å². The fourth-order valence-electron chi connectivity index (χ4n) is 2.42. The molecule has 84 valence electrons. The summed E-state index contributed by atoms with van der Waals surface area (Å²) in [6, 6.07) is 4.60. The van der Waals surface area contributed by atoms with Crippen LogP contribution in [0, 0.1) is 6.92 Å². The lowest BCUT2D eigenvalue weighted by Crippen LogP contribution is -2.31. The van der Waals surface area contributed by atoms with E-state index in [0.29, 0.717) is 6.04 Å². The topological polar surface area (TPSA) is 42.4 Å². The lowest BCUT2D eigenvalue weighted by molar-refractivity contribution is 0.217. The largest absolute Gasteiger partial charge is 0.465 e. The summed E-state index contributed by atoms with van der Waals surface area (Å²) in [6.07, 6.45) is 2.24. The molecule has 1 aromatic rings. The zero-order valence-electron chi connectivity index (χ0n) is 9.57. The van der Waals surface area contributed by atoms with E-state index in [1.807, 2.05) is 13.0 Å². The Morgan fingerprint density at radius 2 is 2.33 bits per heavy atom. The summed E-state index contributed by atoms with van der Waals surface area (Å²) in [5.41, 5.74) is 6.14. The molecule has 2 heterocycles. The second-order valence-electron chi connectivity index (χ2n) is 4.38. The van der Waals surface area contributed by atoms with E-state index in [4.69, 9.17) is 10.2 Å². The molecule has 0 bridgehead atoms. The third-order valence-corrected chi connectivity index (χ3v) is 3.11. The number of rotatable bonds is 3. The third-order valence-electron chi connectivity index (χ3n) is 3.11. The highest BCUT2D eigenvalue weighted by Crippen LogP contribution is 2.32. The van der Waals surface area contributed by atoms with Gasteiger partial charge in [-0.05, 0) is 38.4 Å². The first-order valence-electron chi connectivity index (χ1n) is 5.78. The van der Waals surface area contributed by atoms with Crippen molar-refractivity contribution in [1.29, 1.82) is 0 Å². The van der Waals surface area contributed by atoms with Crippen molar-refractivity contribution in [2.24, 2.45) is 5.73 Å². The first-order chi connectivity index (χ1) is 7.22. The van der Waals surface area contributed by atoms with Crippen LogP contribution in [-0.4, -0.2) is 24.0 Å². The molecule has 2 N–H and O–H groups in total. The Morgan fingerprint density at radius 1 is 1.53 bits per heavy atom. The van der Waals surface area contributed by atoms with Crippen LogP contribution >= 0.6 is 0 Å². The molecule has 15 heavy (non-hydrogen) atoms. The summed E-state index contributed by atoms with van der Waals surface area (Å²) in [4.78, 5) is 2.43. The van der Waals surface area contributed by atoms with Crippen molar-refractivity contribution in [2.75, 3.05) is 13.1 Å². The maximum absolute atomic E-state index is 6.14. The Hall–Kier alpha value is -0.800. The van der Waals surface area contributed by atoms with Crippen LogP contribution in [0.1, 0.15) is 37.3 Å². The fraction of sp³-hybridized carbons (Fsp3) is 0.667.